The second-order valence-corrected chi connectivity index (χ2v) is 6.47. The molecule has 0 aromatic carbocycles. The molecular formula is C18H20N6O. The minimum atomic E-state index is 0.0471. The number of nitrogens with zero attached hydrogens (tertiary/aromatic N) is 5. The van der Waals surface area contributed by atoms with Gasteiger partial charge in [0.05, 0.1) is 5.69 Å². The van der Waals surface area contributed by atoms with Gasteiger partial charge in [-0.3, -0.25) is 14.2 Å². The number of hydrogen-bond acceptors (Lipinski definition) is 5. The van der Waals surface area contributed by atoms with Gasteiger partial charge in [-0.15, -0.1) is 0 Å². The van der Waals surface area contributed by atoms with E-state index in [1.54, 1.807) is 24.8 Å². The Hall–Kier alpha value is -2.80. The van der Waals surface area contributed by atoms with Crippen LogP contribution < -0.4 is 5.32 Å². The van der Waals surface area contributed by atoms with Crippen LogP contribution in [0, 0.1) is 5.92 Å². The average Bonchev–Trinajstić information content (AvgIpc) is 3.06. The first kappa shape index (κ1) is 15.7. The lowest BCUT2D eigenvalue weighted by Gasteiger charge is -2.27. The SMILES string of the molecule is CN1CCC(C(=O)Nc2cc3nc(-c4ccncc4)cn3cn2)CC1. The number of hydrogen-bond donors (Lipinski definition) is 1. The normalized spacial score (nSPS) is 16.2. The van der Waals surface area contributed by atoms with Crippen LogP contribution in [0.1, 0.15) is 12.8 Å². The third-order valence-corrected chi connectivity index (χ3v) is 4.66. The number of anilines is 1. The molecule has 1 amide bonds. The summed E-state index contributed by atoms with van der Waals surface area (Å²) in [4.78, 5) is 27.6. The van der Waals surface area contributed by atoms with Crippen LogP contribution in [0.5, 0.6) is 0 Å². The second-order valence-electron chi connectivity index (χ2n) is 6.47. The summed E-state index contributed by atoms with van der Waals surface area (Å²) >= 11 is 0. The Labute approximate surface area is 145 Å². The Morgan fingerprint density at radius 2 is 2.00 bits per heavy atom. The largest absolute Gasteiger partial charge is 0.310 e. The van der Waals surface area contributed by atoms with Gasteiger partial charge in [0.25, 0.3) is 0 Å². The second kappa shape index (κ2) is 6.60. The van der Waals surface area contributed by atoms with Crippen molar-refractivity contribution in [1.29, 1.82) is 0 Å². The molecule has 0 radical (unpaired) electrons. The van der Waals surface area contributed by atoms with Crippen molar-refractivity contribution in [2.24, 2.45) is 5.92 Å². The molecule has 1 aliphatic rings. The minimum Gasteiger partial charge on any atom is -0.310 e. The predicted octanol–water partition coefficient (Wildman–Crippen LogP) is 2.07. The number of pyridine rings is 1. The molecule has 4 rings (SSSR count). The molecule has 0 atom stereocenters. The Morgan fingerprint density at radius 1 is 1.24 bits per heavy atom. The number of carbonyl (C=O) groups is 1. The van der Waals surface area contributed by atoms with Crippen molar-refractivity contribution < 1.29 is 4.79 Å². The summed E-state index contributed by atoms with van der Waals surface area (Å²) < 4.78 is 1.85. The molecule has 7 nitrogen and oxygen atoms in total. The predicted molar refractivity (Wildman–Crippen MR) is 95.1 cm³/mol. The Balaban J connectivity index is 1.52. The molecule has 0 spiro atoms. The molecule has 0 bridgehead atoms. The molecule has 25 heavy (non-hydrogen) atoms. The highest BCUT2D eigenvalue weighted by atomic mass is 16.1. The lowest BCUT2D eigenvalue weighted by Crippen LogP contribution is -2.36. The summed E-state index contributed by atoms with van der Waals surface area (Å²) in [7, 11) is 2.09. The minimum absolute atomic E-state index is 0.0471. The zero-order valence-electron chi connectivity index (χ0n) is 14.1. The van der Waals surface area contributed by atoms with E-state index in [2.05, 4.69) is 32.2 Å². The average molecular weight is 336 g/mol. The number of aromatic nitrogens is 4. The summed E-state index contributed by atoms with van der Waals surface area (Å²) in [5.74, 6) is 0.649. The molecular weight excluding hydrogens is 316 g/mol. The maximum atomic E-state index is 12.4. The molecule has 3 aromatic rings. The van der Waals surface area contributed by atoms with E-state index in [0.717, 1.165) is 42.8 Å². The smallest absolute Gasteiger partial charge is 0.228 e. The fourth-order valence-electron chi connectivity index (χ4n) is 3.12. The van der Waals surface area contributed by atoms with E-state index >= 15 is 0 Å². The molecule has 4 heterocycles. The van der Waals surface area contributed by atoms with E-state index in [1.807, 2.05) is 22.7 Å². The van der Waals surface area contributed by atoms with Gasteiger partial charge < -0.3 is 10.2 Å². The van der Waals surface area contributed by atoms with Crippen LogP contribution in [0.4, 0.5) is 5.82 Å². The number of carbonyl (C=O) groups excluding carboxylic acids is 1. The lowest BCUT2D eigenvalue weighted by molar-refractivity contribution is -0.121. The number of imidazole rings is 1. The summed E-state index contributed by atoms with van der Waals surface area (Å²) in [5, 5.41) is 2.94. The third kappa shape index (κ3) is 3.36. The fraction of sp³-hybridized carbons (Fsp3) is 0.333. The summed E-state index contributed by atoms with van der Waals surface area (Å²) in [6.45, 7) is 1.92. The van der Waals surface area contributed by atoms with Crippen LogP contribution in [0.2, 0.25) is 0 Å². The van der Waals surface area contributed by atoms with Gasteiger partial charge in [-0.05, 0) is 45.1 Å². The standard InChI is InChI=1S/C18H20N6O/c1-23-8-4-14(5-9-23)18(25)22-16-10-17-21-15(11-24(17)12-20-16)13-2-6-19-7-3-13/h2-3,6-7,10-12,14H,4-5,8-9H2,1H3,(H,22,25). The number of likely N-dealkylation sites (tertiary alicyclic amines) is 1. The number of rotatable bonds is 3. The zero-order valence-corrected chi connectivity index (χ0v) is 14.1. The van der Waals surface area contributed by atoms with Crippen LogP contribution in [-0.2, 0) is 4.79 Å². The van der Waals surface area contributed by atoms with Crippen molar-refractivity contribution >= 4 is 17.4 Å². The summed E-state index contributed by atoms with van der Waals surface area (Å²) in [6.07, 6.45) is 8.85. The van der Waals surface area contributed by atoms with Crippen molar-refractivity contribution in [2.45, 2.75) is 12.8 Å². The van der Waals surface area contributed by atoms with Gasteiger partial charge >= 0.3 is 0 Å². The topological polar surface area (TPSA) is 75.4 Å². The Morgan fingerprint density at radius 3 is 2.76 bits per heavy atom. The van der Waals surface area contributed by atoms with Gasteiger partial charge in [0.15, 0.2) is 0 Å². The van der Waals surface area contributed by atoms with Crippen molar-refractivity contribution in [1.82, 2.24) is 24.3 Å². The van der Waals surface area contributed by atoms with E-state index in [0.29, 0.717) is 5.82 Å². The monoisotopic (exact) mass is 336 g/mol. The summed E-state index contributed by atoms with van der Waals surface area (Å²) in [6, 6.07) is 5.63. The molecule has 1 N–H and O–H groups in total. The van der Waals surface area contributed by atoms with Gasteiger partial charge in [-0.1, -0.05) is 0 Å². The van der Waals surface area contributed by atoms with Crippen LogP contribution >= 0.6 is 0 Å². The van der Waals surface area contributed by atoms with Crippen molar-refractivity contribution in [3.63, 3.8) is 0 Å². The molecule has 1 saturated heterocycles. The number of nitrogens with one attached hydrogen (secondary N) is 1. The van der Waals surface area contributed by atoms with Crippen LogP contribution in [-0.4, -0.2) is 50.3 Å². The maximum Gasteiger partial charge on any atom is 0.228 e. The summed E-state index contributed by atoms with van der Waals surface area (Å²) in [5.41, 5.74) is 2.60. The zero-order chi connectivity index (χ0) is 17.2. The Bertz CT molecular complexity index is 883. The number of amides is 1. The van der Waals surface area contributed by atoms with Crippen molar-refractivity contribution in [2.75, 3.05) is 25.5 Å². The Kier molecular flexibility index (Phi) is 4.15. The first-order valence-corrected chi connectivity index (χ1v) is 8.43. The van der Waals surface area contributed by atoms with Crippen molar-refractivity contribution in [3.8, 4) is 11.3 Å². The van der Waals surface area contributed by atoms with E-state index in [9.17, 15) is 4.79 Å². The van der Waals surface area contributed by atoms with Crippen LogP contribution in [0.3, 0.4) is 0 Å². The van der Waals surface area contributed by atoms with Gasteiger partial charge in [0.2, 0.25) is 5.91 Å². The molecule has 128 valence electrons. The van der Waals surface area contributed by atoms with Crippen LogP contribution in [0.15, 0.2) is 43.1 Å². The van der Waals surface area contributed by atoms with Crippen molar-refractivity contribution in [3.05, 3.63) is 43.1 Å². The van der Waals surface area contributed by atoms with Gasteiger partial charge in [-0.25, -0.2) is 9.97 Å². The fourth-order valence-corrected chi connectivity index (χ4v) is 3.12. The first-order valence-electron chi connectivity index (χ1n) is 8.43. The third-order valence-electron chi connectivity index (χ3n) is 4.66. The molecule has 1 fully saturated rings. The van der Waals surface area contributed by atoms with E-state index < -0.39 is 0 Å². The lowest BCUT2D eigenvalue weighted by atomic mass is 9.96. The highest BCUT2D eigenvalue weighted by Crippen LogP contribution is 2.21. The van der Waals surface area contributed by atoms with E-state index in [4.69, 9.17) is 0 Å². The highest BCUT2D eigenvalue weighted by Gasteiger charge is 2.23. The molecule has 7 heteroatoms. The van der Waals surface area contributed by atoms with E-state index in [1.165, 1.54) is 0 Å². The maximum absolute atomic E-state index is 12.4. The molecule has 0 saturated carbocycles. The molecule has 3 aromatic heterocycles. The van der Waals surface area contributed by atoms with Gasteiger partial charge in [-0.2, -0.15) is 0 Å². The van der Waals surface area contributed by atoms with Crippen LogP contribution in [0.25, 0.3) is 16.9 Å². The first-order chi connectivity index (χ1) is 12.2. The molecule has 1 aliphatic heterocycles. The number of piperidine rings is 1. The molecule has 0 aliphatic carbocycles. The number of fused-ring (bicyclic) bond motifs is 1. The highest BCUT2D eigenvalue weighted by molar-refractivity contribution is 5.92. The van der Waals surface area contributed by atoms with Gasteiger partial charge in [0.1, 0.15) is 17.8 Å². The van der Waals surface area contributed by atoms with E-state index in [-0.39, 0.29) is 11.8 Å². The molecule has 0 unspecified atom stereocenters. The quantitative estimate of drug-likeness (QED) is 0.792. The van der Waals surface area contributed by atoms with Gasteiger partial charge in [0, 0.05) is 36.1 Å².